The zero-order chi connectivity index (χ0) is 6.48. The van der Waals surface area contributed by atoms with Gasteiger partial charge in [-0.15, -0.1) is 0 Å². The summed E-state index contributed by atoms with van der Waals surface area (Å²) in [6.07, 6.45) is 4.71. The van der Waals surface area contributed by atoms with Gasteiger partial charge < -0.3 is 5.11 Å². The van der Waals surface area contributed by atoms with Crippen LogP contribution in [0.5, 0.6) is 0 Å². The summed E-state index contributed by atoms with van der Waals surface area (Å²) in [7, 11) is 0. The van der Waals surface area contributed by atoms with Crippen LogP contribution in [0.15, 0.2) is 0 Å². The molecular weight excluding hydrogens is 112 g/mol. The first-order chi connectivity index (χ1) is 4.21. The number of hydrogen-bond donors (Lipinski definition) is 1. The van der Waals surface area contributed by atoms with Crippen LogP contribution in [0.1, 0.15) is 32.6 Å². The van der Waals surface area contributed by atoms with E-state index in [1.165, 1.54) is 12.8 Å². The minimum atomic E-state index is -0.231. The van der Waals surface area contributed by atoms with Crippen molar-refractivity contribution in [1.29, 1.82) is 0 Å². The number of rotatable bonds is 0. The topological polar surface area (TPSA) is 20.2 Å². The monoisotopic (exact) mass is 126 g/mol. The molecule has 0 aromatic heterocycles. The van der Waals surface area contributed by atoms with Crippen molar-refractivity contribution in [2.45, 2.75) is 38.2 Å². The molecule has 2 saturated carbocycles. The maximum atomic E-state index is 9.81. The Bertz CT molecular complexity index is 133. The maximum Gasteiger partial charge on any atom is 0.0676 e. The molecule has 1 nitrogen and oxygen atoms in total. The molecule has 9 heavy (non-hydrogen) atoms. The molecule has 0 aromatic rings. The van der Waals surface area contributed by atoms with E-state index in [0.29, 0.717) is 5.92 Å². The predicted molar refractivity (Wildman–Crippen MR) is 36.1 cm³/mol. The molecule has 0 aromatic carbocycles. The zero-order valence-electron chi connectivity index (χ0n) is 5.93. The second kappa shape index (κ2) is 1.51. The van der Waals surface area contributed by atoms with Gasteiger partial charge in [0.2, 0.25) is 0 Å². The van der Waals surface area contributed by atoms with Gasteiger partial charge in [-0.05, 0) is 37.5 Å². The summed E-state index contributed by atoms with van der Waals surface area (Å²) in [6, 6.07) is 0. The third kappa shape index (κ3) is 0.644. The molecule has 2 rings (SSSR count). The van der Waals surface area contributed by atoms with Gasteiger partial charge >= 0.3 is 0 Å². The van der Waals surface area contributed by atoms with Crippen LogP contribution in [0, 0.1) is 11.8 Å². The highest BCUT2D eigenvalue weighted by molar-refractivity contribution is 5.00. The molecule has 0 aliphatic heterocycles. The van der Waals surface area contributed by atoms with Gasteiger partial charge in [-0.3, -0.25) is 0 Å². The summed E-state index contributed by atoms with van der Waals surface area (Å²) in [5.74, 6) is 1.45. The van der Waals surface area contributed by atoms with Gasteiger partial charge in [-0.2, -0.15) is 0 Å². The smallest absolute Gasteiger partial charge is 0.0676 e. The third-order valence-electron chi connectivity index (χ3n) is 3.23. The highest BCUT2D eigenvalue weighted by Crippen LogP contribution is 2.50. The molecule has 1 N–H and O–H groups in total. The first-order valence-electron chi connectivity index (χ1n) is 3.93. The predicted octanol–water partition coefficient (Wildman–Crippen LogP) is 1.56. The Hall–Kier alpha value is -0.0400. The van der Waals surface area contributed by atoms with Crippen LogP contribution in [0.4, 0.5) is 0 Å². The average Bonchev–Trinajstić information content (AvgIpc) is 2.22. The lowest BCUT2D eigenvalue weighted by molar-refractivity contribution is 0.00958. The number of hydrogen-bond acceptors (Lipinski definition) is 1. The van der Waals surface area contributed by atoms with E-state index in [-0.39, 0.29) is 5.60 Å². The SMILES string of the molecule is C[C@@H]1C[C@@H]2CC[C@@]1(O)C2. The Morgan fingerprint density at radius 1 is 1.56 bits per heavy atom. The Morgan fingerprint density at radius 2 is 2.33 bits per heavy atom. The fraction of sp³-hybridized carbons (Fsp3) is 1.00. The molecule has 0 radical (unpaired) electrons. The minimum Gasteiger partial charge on any atom is -0.390 e. The van der Waals surface area contributed by atoms with Crippen LogP contribution < -0.4 is 0 Å². The van der Waals surface area contributed by atoms with Crippen LogP contribution in [0.25, 0.3) is 0 Å². The molecule has 52 valence electrons. The molecule has 0 spiro atoms. The average molecular weight is 126 g/mol. The van der Waals surface area contributed by atoms with Gasteiger partial charge in [0.25, 0.3) is 0 Å². The molecule has 2 bridgehead atoms. The second-order valence-electron chi connectivity index (χ2n) is 3.85. The molecule has 0 unspecified atom stereocenters. The van der Waals surface area contributed by atoms with Gasteiger partial charge in [-0.25, -0.2) is 0 Å². The fourth-order valence-corrected chi connectivity index (χ4v) is 2.53. The van der Waals surface area contributed by atoms with Gasteiger partial charge in [0.15, 0.2) is 0 Å². The Kier molecular flexibility index (Phi) is 0.963. The maximum absolute atomic E-state index is 9.81. The van der Waals surface area contributed by atoms with E-state index in [4.69, 9.17) is 0 Å². The van der Waals surface area contributed by atoms with Crippen LogP contribution in [0.3, 0.4) is 0 Å². The summed E-state index contributed by atoms with van der Waals surface area (Å²) in [5.41, 5.74) is -0.231. The van der Waals surface area contributed by atoms with Crippen LogP contribution >= 0.6 is 0 Å². The van der Waals surface area contributed by atoms with Crippen molar-refractivity contribution in [3.8, 4) is 0 Å². The van der Waals surface area contributed by atoms with Crippen LogP contribution in [0.2, 0.25) is 0 Å². The van der Waals surface area contributed by atoms with Crippen LogP contribution in [-0.2, 0) is 0 Å². The highest BCUT2D eigenvalue weighted by atomic mass is 16.3. The molecule has 2 aliphatic rings. The fourth-order valence-electron chi connectivity index (χ4n) is 2.53. The van der Waals surface area contributed by atoms with E-state index in [2.05, 4.69) is 6.92 Å². The summed E-state index contributed by atoms with van der Waals surface area (Å²) >= 11 is 0. The van der Waals surface area contributed by atoms with Gasteiger partial charge in [-0.1, -0.05) is 6.92 Å². The Balaban J connectivity index is 2.22. The molecule has 0 saturated heterocycles. The summed E-state index contributed by atoms with van der Waals surface area (Å²) < 4.78 is 0. The van der Waals surface area contributed by atoms with Crippen molar-refractivity contribution in [3.05, 3.63) is 0 Å². The van der Waals surface area contributed by atoms with Crippen LogP contribution in [-0.4, -0.2) is 10.7 Å². The lowest BCUT2D eigenvalue weighted by Crippen LogP contribution is -2.29. The largest absolute Gasteiger partial charge is 0.390 e. The van der Waals surface area contributed by atoms with Crippen molar-refractivity contribution in [2.75, 3.05) is 0 Å². The van der Waals surface area contributed by atoms with E-state index >= 15 is 0 Å². The third-order valence-corrected chi connectivity index (χ3v) is 3.23. The highest BCUT2D eigenvalue weighted by Gasteiger charge is 2.48. The van der Waals surface area contributed by atoms with E-state index in [0.717, 1.165) is 18.8 Å². The molecule has 2 fully saturated rings. The standard InChI is InChI=1S/C8H14O/c1-6-4-7-2-3-8(6,9)5-7/h6-7,9H,2-5H2,1H3/t6-,7+,8-/m1/s1. The first kappa shape index (κ1) is 5.72. The van der Waals surface area contributed by atoms with Crippen molar-refractivity contribution >= 4 is 0 Å². The lowest BCUT2D eigenvalue weighted by Gasteiger charge is -2.26. The lowest BCUT2D eigenvalue weighted by atomic mass is 9.87. The number of aliphatic hydroxyl groups is 1. The Morgan fingerprint density at radius 3 is 2.56 bits per heavy atom. The number of fused-ring (bicyclic) bond motifs is 2. The van der Waals surface area contributed by atoms with Gasteiger partial charge in [0.1, 0.15) is 0 Å². The quantitative estimate of drug-likeness (QED) is 0.522. The van der Waals surface area contributed by atoms with Gasteiger partial charge in [0.05, 0.1) is 5.60 Å². The summed E-state index contributed by atoms with van der Waals surface area (Å²) in [6.45, 7) is 2.18. The van der Waals surface area contributed by atoms with E-state index in [1.54, 1.807) is 0 Å². The van der Waals surface area contributed by atoms with Crippen molar-refractivity contribution in [1.82, 2.24) is 0 Å². The minimum absolute atomic E-state index is 0.231. The summed E-state index contributed by atoms with van der Waals surface area (Å²) in [5, 5.41) is 9.81. The molecule has 3 atom stereocenters. The van der Waals surface area contributed by atoms with Crippen molar-refractivity contribution in [3.63, 3.8) is 0 Å². The first-order valence-corrected chi connectivity index (χ1v) is 3.93. The van der Waals surface area contributed by atoms with Crippen molar-refractivity contribution in [2.24, 2.45) is 11.8 Å². The molecule has 1 heteroatoms. The molecule has 0 heterocycles. The second-order valence-corrected chi connectivity index (χ2v) is 3.85. The Labute approximate surface area is 56.1 Å². The van der Waals surface area contributed by atoms with E-state index < -0.39 is 0 Å². The normalized spacial score (nSPS) is 56.7. The molecular formula is C8H14O. The molecule has 0 amide bonds. The van der Waals surface area contributed by atoms with E-state index in [1.807, 2.05) is 0 Å². The summed E-state index contributed by atoms with van der Waals surface area (Å²) in [4.78, 5) is 0. The zero-order valence-corrected chi connectivity index (χ0v) is 5.93. The molecule has 2 aliphatic carbocycles. The van der Waals surface area contributed by atoms with Crippen molar-refractivity contribution < 1.29 is 5.11 Å². The van der Waals surface area contributed by atoms with E-state index in [9.17, 15) is 5.11 Å². The van der Waals surface area contributed by atoms with Gasteiger partial charge in [0, 0.05) is 0 Å².